The lowest BCUT2D eigenvalue weighted by Crippen LogP contribution is -2.47. The first-order valence-electron chi connectivity index (χ1n) is 4.40. The molecule has 0 aromatic carbocycles. The molecule has 4 nitrogen and oxygen atoms in total. The Morgan fingerprint density at radius 2 is 2.33 bits per heavy atom. The number of hydrogen-bond donors (Lipinski definition) is 3. The van der Waals surface area contributed by atoms with Crippen molar-refractivity contribution in [1.82, 2.24) is 5.32 Å². The number of nitrogens with one attached hydrogen (secondary N) is 1. The summed E-state index contributed by atoms with van der Waals surface area (Å²) in [5.41, 5.74) is 5.86. The second-order valence-electron chi connectivity index (χ2n) is 3.38. The van der Waals surface area contributed by atoms with Crippen LogP contribution in [-0.4, -0.2) is 23.3 Å². The van der Waals surface area contributed by atoms with Crippen LogP contribution < -0.4 is 11.1 Å². The molecule has 12 heavy (non-hydrogen) atoms. The Morgan fingerprint density at radius 3 is 2.67 bits per heavy atom. The van der Waals surface area contributed by atoms with Crippen LogP contribution in [0.5, 0.6) is 0 Å². The molecule has 0 saturated heterocycles. The summed E-state index contributed by atoms with van der Waals surface area (Å²) < 4.78 is 0. The zero-order valence-electron chi connectivity index (χ0n) is 7.29. The summed E-state index contributed by atoms with van der Waals surface area (Å²) >= 11 is 0. The van der Waals surface area contributed by atoms with E-state index in [4.69, 9.17) is 10.8 Å². The van der Waals surface area contributed by atoms with E-state index in [1.54, 1.807) is 0 Å². The number of carbonyl (C=O) groups is 1. The van der Waals surface area contributed by atoms with Crippen molar-refractivity contribution in [2.45, 2.75) is 38.3 Å². The summed E-state index contributed by atoms with van der Waals surface area (Å²) in [7, 11) is 0. The third-order valence-corrected chi connectivity index (χ3v) is 2.38. The van der Waals surface area contributed by atoms with Gasteiger partial charge < -0.3 is 16.2 Å². The fourth-order valence-corrected chi connectivity index (χ4v) is 1.44. The zero-order valence-corrected chi connectivity index (χ0v) is 7.29. The van der Waals surface area contributed by atoms with Crippen molar-refractivity contribution in [3.8, 4) is 0 Å². The number of hydrogen-bond acceptors (Lipinski definition) is 2. The minimum Gasteiger partial charge on any atom is -0.465 e. The van der Waals surface area contributed by atoms with Gasteiger partial charge in [0, 0.05) is 12.1 Å². The molecule has 0 unspecified atom stereocenters. The first kappa shape index (κ1) is 9.32. The molecule has 1 amide bonds. The Kier molecular flexibility index (Phi) is 2.92. The molecule has 2 atom stereocenters. The molecule has 0 aliphatic heterocycles. The summed E-state index contributed by atoms with van der Waals surface area (Å²) in [6, 6.07) is -0.0684. The van der Waals surface area contributed by atoms with E-state index in [0.717, 1.165) is 19.3 Å². The lowest BCUT2D eigenvalue weighted by molar-refractivity contribution is 0.186. The van der Waals surface area contributed by atoms with Crippen molar-refractivity contribution < 1.29 is 9.90 Å². The van der Waals surface area contributed by atoms with Crippen molar-refractivity contribution in [2.75, 3.05) is 0 Å². The maximum absolute atomic E-state index is 10.3. The second-order valence-corrected chi connectivity index (χ2v) is 3.38. The highest BCUT2D eigenvalue weighted by molar-refractivity contribution is 5.64. The molecule has 4 heteroatoms. The number of rotatable bonds is 4. The normalized spacial score (nSPS) is 21.5. The SMILES string of the molecule is CC[C@H](NC(=O)O)[C@H](N)C1CC1. The minimum atomic E-state index is -0.974. The topological polar surface area (TPSA) is 75.3 Å². The van der Waals surface area contributed by atoms with Crippen LogP contribution in [0.4, 0.5) is 4.79 Å². The standard InChI is InChI=1S/C8H16N2O2/c1-2-6(10-8(11)12)7(9)5-3-4-5/h5-7,10H,2-4,9H2,1H3,(H,11,12)/t6-,7+/m0/s1. The molecule has 0 aromatic heterocycles. The second kappa shape index (κ2) is 3.76. The van der Waals surface area contributed by atoms with Crippen LogP contribution in [0.3, 0.4) is 0 Å². The van der Waals surface area contributed by atoms with Gasteiger partial charge >= 0.3 is 6.09 Å². The van der Waals surface area contributed by atoms with Gasteiger partial charge in [-0.3, -0.25) is 0 Å². The Labute approximate surface area is 72.1 Å². The molecule has 1 aliphatic rings. The van der Waals surface area contributed by atoms with Crippen molar-refractivity contribution in [3.63, 3.8) is 0 Å². The molecule has 0 bridgehead atoms. The molecular weight excluding hydrogens is 156 g/mol. The van der Waals surface area contributed by atoms with E-state index < -0.39 is 6.09 Å². The van der Waals surface area contributed by atoms with Crippen LogP contribution in [-0.2, 0) is 0 Å². The highest BCUT2D eigenvalue weighted by Gasteiger charge is 2.33. The lowest BCUT2D eigenvalue weighted by atomic mass is 10.0. The van der Waals surface area contributed by atoms with E-state index in [1.807, 2.05) is 6.92 Å². The van der Waals surface area contributed by atoms with Gasteiger partial charge in [0.25, 0.3) is 0 Å². The molecule has 0 aromatic rings. The third kappa shape index (κ3) is 2.37. The van der Waals surface area contributed by atoms with Crippen molar-refractivity contribution in [1.29, 1.82) is 0 Å². The number of carboxylic acid groups (broad SMARTS) is 1. The monoisotopic (exact) mass is 172 g/mol. The van der Waals surface area contributed by atoms with E-state index in [2.05, 4.69) is 5.32 Å². The van der Waals surface area contributed by atoms with Crippen molar-refractivity contribution >= 4 is 6.09 Å². The molecular formula is C8H16N2O2. The third-order valence-electron chi connectivity index (χ3n) is 2.38. The van der Waals surface area contributed by atoms with Crippen LogP contribution in [0.1, 0.15) is 26.2 Å². The molecule has 1 rings (SSSR count). The smallest absolute Gasteiger partial charge is 0.404 e. The van der Waals surface area contributed by atoms with Gasteiger partial charge in [-0.2, -0.15) is 0 Å². The Hall–Kier alpha value is -0.770. The fourth-order valence-electron chi connectivity index (χ4n) is 1.44. The Morgan fingerprint density at radius 1 is 1.75 bits per heavy atom. The number of nitrogens with two attached hydrogens (primary N) is 1. The maximum atomic E-state index is 10.3. The zero-order chi connectivity index (χ0) is 9.14. The average molecular weight is 172 g/mol. The van der Waals surface area contributed by atoms with Gasteiger partial charge in [-0.15, -0.1) is 0 Å². The molecule has 0 heterocycles. The molecule has 0 radical (unpaired) electrons. The largest absolute Gasteiger partial charge is 0.465 e. The molecule has 0 spiro atoms. The first-order valence-corrected chi connectivity index (χ1v) is 4.40. The number of amides is 1. The Bertz CT molecular complexity index is 168. The summed E-state index contributed by atoms with van der Waals surface area (Å²) in [6.45, 7) is 1.95. The van der Waals surface area contributed by atoms with Gasteiger partial charge in [0.05, 0.1) is 0 Å². The molecule has 70 valence electrons. The van der Waals surface area contributed by atoms with Crippen LogP contribution in [0.15, 0.2) is 0 Å². The van der Waals surface area contributed by atoms with Gasteiger partial charge in [-0.1, -0.05) is 6.92 Å². The van der Waals surface area contributed by atoms with E-state index in [0.29, 0.717) is 5.92 Å². The molecule has 1 fully saturated rings. The average Bonchev–Trinajstić information content (AvgIpc) is 2.80. The van der Waals surface area contributed by atoms with E-state index >= 15 is 0 Å². The summed E-state index contributed by atoms with van der Waals surface area (Å²) in [5.74, 6) is 0.543. The maximum Gasteiger partial charge on any atom is 0.404 e. The Balaban J connectivity index is 2.36. The van der Waals surface area contributed by atoms with Gasteiger partial charge in [-0.05, 0) is 25.2 Å². The van der Waals surface area contributed by atoms with E-state index in [-0.39, 0.29) is 12.1 Å². The molecule has 1 saturated carbocycles. The van der Waals surface area contributed by atoms with E-state index in [1.165, 1.54) is 0 Å². The van der Waals surface area contributed by atoms with Gasteiger partial charge in [0.15, 0.2) is 0 Å². The molecule has 1 aliphatic carbocycles. The summed E-state index contributed by atoms with van der Waals surface area (Å²) in [6.07, 6.45) is 2.10. The minimum absolute atomic E-state index is 0.00565. The van der Waals surface area contributed by atoms with Crippen LogP contribution in [0, 0.1) is 5.92 Å². The predicted molar refractivity (Wildman–Crippen MR) is 45.9 cm³/mol. The van der Waals surface area contributed by atoms with Gasteiger partial charge in [0.2, 0.25) is 0 Å². The lowest BCUT2D eigenvalue weighted by Gasteiger charge is -2.21. The highest BCUT2D eigenvalue weighted by Crippen LogP contribution is 2.33. The highest BCUT2D eigenvalue weighted by atomic mass is 16.4. The van der Waals surface area contributed by atoms with Crippen LogP contribution in [0.25, 0.3) is 0 Å². The molecule has 4 N–H and O–H groups in total. The summed E-state index contributed by atoms with van der Waals surface area (Å²) in [4.78, 5) is 10.3. The van der Waals surface area contributed by atoms with Crippen LogP contribution >= 0.6 is 0 Å². The van der Waals surface area contributed by atoms with Gasteiger partial charge in [-0.25, -0.2) is 4.79 Å². The fraction of sp³-hybridized carbons (Fsp3) is 0.875. The van der Waals surface area contributed by atoms with E-state index in [9.17, 15) is 4.79 Å². The van der Waals surface area contributed by atoms with Crippen molar-refractivity contribution in [3.05, 3.63) is 0 Å². The van der Waals surface area contributed by atoms with Crippen LogP contribution in [0.2, 0.25) is 0 Å². The quantitative estimate of drug-likeness (QED) is 0.586. The first-order chi connectivity index (χ1) is 5.65. The predicted octanol–water partition coefficient (Wildman–Crippen LogP) is 0.770. The summed E-state index contributed by atoms with van der Waals surface area (Å²) in [5, 5.41) is 10.9. The van der Waals surface area contributed by atoms with Gasteiger partial charge in [0.1, 0.15) is 0 Å². The van der Waals surface area contributed by atoms with Crippen molar-refractivity contribution in [2.24, 2.45) is 11.7 Å².